The molecule has 0 aliphatic heterocycles. The van der Waals surface area contributed by atoms with E-state index in [1.54, 1.807) is 52.2 Å². The summed E-state index contributed by atoms with van der Waals surface area (Å²) in [6.07, 6.45) is 1.63. The average molecular weight is 479 g/mol. The van der Waals surface area contributed by atoms with Crippen LogP contribution < -0.4 is 4.74 Å². The van der Waals surface area contributed by atoms with Crippen LogP contribution in [0, 0.1) is 0 Å². The molecular weight excluding hydrogens is 463 g/mol. The molecule has 0 spiro atoms. The lowest BCUT2D eigenvalue weighted by atomic mass is 10.3. The van der Waals surface area contributed by atoms with Gasteiger partial charge in [0.15, 0.2) is 11.6 Å². The molecule has 3 heterocycles. The van der Waals surface area contributed by atoms with Crippen molar-refractivity contribution in [2.24, 2.45) is 5.10 Å². The summed E-state index contributed by atoms with van der Waals surface area (Å²) in [7, 11) is 0. The summed E-state index contributed by atoms with van der Waals surface area (Å²) >= 11 is 15.4. The standard InChI is InChI=1S/C20H16Cl2N4O2S2/c1-2-29-20-25-24-19(17-7-4-10-30-17)26(20)23-11-13-8-9-14(28-13)12-27-18-15(21)5-3-6-16(18)22/h3-11H,2,12H2,1H3/b23-11-. The lowest BCUT2D eigenvalue weighted by molar-refractivity contribution is 0.270. The van der Waals surface area contributed by atoms with Gasteiger partial charge >= 0.3 is 0 Å². The Morgan fingerprint density at radius 2 is 2.00 bits per heavy atom. The maximum atomic E-state index is 6.13. The van der Waals surface area contributed by atoms with Crippen LogP contribution in [0.3, 0.4) is 0 Å². The van der Waals surface area contributed by atoms with Gasteiger partial charge in [-0.05, 0) is 41.5 Å². The Balaban J connectivity index is 1.51. The summed E-state index contributed by atoms with van der Waals surface area (Å²) in [6, 6.07) is 12.8. The minimum atomic E-state index is 0.196. The van der Waals surface area contributed by atoms with Crippen molar-refractivity contribution >= 4 is 52.5 Å². The Hall–Kier alpha value is -2.26. The molecule has 4 rings (SSSR count). The number of thioether (sulfide) groups is 1. The topological polar surface area (TPSA) is 65.4 Å². The number of nitrogens with zero attached hydrogens (tertiary/aromatic N) is 4. The molecular formula is C20H16Cl2N4O2S2. The van der Waals surface area contributed by atoms with Crippen molar-refractivity contribution in [3.05, 3.63) is 69.4 Å². The van der Waals surface area contributed by atoms with Crippen LogP contribution in [0.4, 0.5) is 0 Å². The summed E-state index contributed by atoms with van der Waals surface area (Å²) in [6.45, 7) is 2.25. The van der Waals surface area contributed by atoms with E-state index in [2.05, 4.69) is 22.2 Å². The van der Waals surface area contributed by atoms with E-state index < -0.39 is 0 Å². The zero-order chi connectivity index (χ0) is 20.9. The molecule has 4 aromatic rings. The molecule has 0 aliphatic carbocycles. The third kappa shape index (κ3) is 4.73. The number of hydrogen-bond acceptors (Lipinski definition) is 7. The van der Waals surface area contributed by atoms with Crippen LogP contribution in [0.2, 0.25) is 10.0 Å². The largest absolute Gasteiger partial charge is 0.483 e. The first-order valence-electron chi connectivity index (χ1n) is 8.97. The van der Waals surface area contributed by atoms with Gasteiger partial charge in [-0.25, -0.2) is 0 Å². The number of aromatic nitrogens is 3. The maximum absolute atomic E-state index is 6.13. The minimum Gasteiger partial charge on any atom is -0.483 e. The lowest BCUT2D eigenvalue weighted by Crippen LogP contribution is -1.96. The molecule has 0 unspecified atom stereocenters. The van der Waals surface area contributed by atoms with Crippen LogP contribution >= 0.6 is 46.3 Å². The summed E-state index contributed by atoms with van der Waals surface area (Å²) in [5, 5.41) is 16.7. The predicted molar refractivity (Wildman–Crippen MR) is 122 cm³/mol. The summed E-state index contributed by atoms with van der Waals surface area (Å²) in [5.74, 6) is 3.19. The van der Waals surface area contributed by atoms with Crippen molar-refractivity contribution in [3.63, 3.8) is 0 Å². The molecule has 10 heteroatoms. The highest BCUT2D eigenvalue weighted by Gasteiger charge is 2.14. The number of para-hydroxylation sites is 1. The average Bonchev–Trinajstić information content (AvgIpc) is 3.47. The highest BCUT2D eigenvalue weighted by molar-refractivity contribution is 7.99. The number of hydrogen-bond donors (Lipinski definition) is 0. The van der Waals surface area contributed by atoms with E-state index in [-0.39, 0.29) is 6.61 Å². The molecule has 6 nitrogen and oxygen atoms in total. The molecule has 0 radical (unpaired) electrons. The van der Waals surface area contributed by atoms with Gasteiger partial charge < -0.3 is 9.15 Å². The second-order valence-corrected chi connectivity index (χ2v) is 8.91. The van der Waals surface area contributed by atoms with Gasteiger partial charge in [0.2, 0.25) is 5.16 Å². The fraction of sp³-hybridized carbons (Fsp3) is 0.150. The van der Waals surface area contributed by atoms with Gasteiger partial charge in [0, 0.05) is 0 Å². The third-order valence-electron chi connectivity index (χ3n) is 3.89. The van der Waals surface area contributed by atoms with Crippen molar-refractivity contribution in [1.29, 1.82) is 0 Å². The second-order valence-electron chi connectivity index (χ2n) is 5.92. The summed E-state index contributed by atoms with van der Waals surface area (Å²) < 4.78 is 13.2. The smallest absolute Gasteiger partial charge is 0.212 e. The number of ether oxygens (including phenoxy) is 1. The number of benzene rings is 1. The van der Waals surface area contributed by atoms with Crippen LogP contribution in [-0.2, 0) is 6.61 Å². The Morgan fingerprint density at radius 1 is 1.17 bits per heavy atom. The van der Waals surface area contributed by atoms with Crippen molar-refractivity contribution in [3.8, 4) is 16.5 Å². The highest BCUT2D eigenvalue weighted by atomic mass is 35.5. The lowest BCUT2D eigenvalue weighted by Gasteiger charge is -2.07. The van der Waals surface area contributed by atoms with Crippen LogP contribution in [0.25, 0.3) is 10.7 Å². The molecule has 0 bridgehead atoms. The number of furan rings is 1. The summed E-state index contributed by atoms with van der Waals surface area (Å²) in [5.41, 5.74) is 0. The normalized spacial score (nSPS) is 11.4. The zero-order valence-electron chi connectivity index (χ0n) is 15.8. The molecule has 30 heavy (non-hydrogen) atoms. The number of thiophene rings is 1. The maximum Gasteiger partial charge on any atom is 0.212 e. The van der Waals surface area contributed by atoms with Gasteiger partial charge in [0.05, 0.1) is 21.1 Å². The SMILES string of the molecule is CCSc1nnc(-c2cccs2)n1/N=C\c1ccc(COc2c(Cl)cccc2Cl)o1. The minimum absolute atomic E-state index is 0.196. The van der Waals surface area contributed by atoms with Crippen molar-refractivity contribution in [1.82, 2.24) is 14.9 Å². The number of halogens is 2. The van der Waals surface area contributed by atoms with Gasteiger partial charge in [-0.2, -0.15) is 9.78 Å². The number of rotatable bonds is 8. The van der Waals surface area contributed by atoms with Crippen molar-refractivity contribution in [2.75, 3.05) is 5.75 Å². The van der Waals surface area contributed by atoms with E-state index in [0.717, 1.165) is 15.8 Å². The van der Waals surface area contributed by atoms with E-state index in [0.29, 0.717) is 33.1 Å². The molecule has 1 aromatic carbocycles. The van der Waals surface area contributed by atoms with E-state index in [1.807, 2.05) is 29.6 Å². The van der Waals surface area contributed by atoms with Crippen LogP contribution in [0.15, 0.2) is 62.5 Å². The van der Waals surface area contributed by atoms with Crippen molar-refractivity contribution in [2.45, 2.75) is 18.7 Å². The van der Waals surface area contributed by atoms with E-state index in [1.165, 1.54) is 0 Å². The van der Waals surface area contributed by atoms with Gasteiger partial charge in [-0.15, -0.1) is 21.5 Å². The second kappa shape index (κ2) is 9.70. The van der Waals surface area contributed by atoms with E-state index >= 15 is 0 Å². The molecule has 154 valence electrons. The Bertz CT molecular complexity index is 1140. The van der Waals surface area contributed by atoms with E-state index in [4.69, 9.17) is 32.4 Å². The molecule has 0 atom stereocenters. The predicted octanol–water partition coefficient (Wildman–Crippen LogP) is 6.48. The van der Waals surface area contributed by atoms with Gasteiger partial charge in [-0.3, -0.25) is 0 Å². The zero-order valence-corrected chi connectivity index (χ0v) is 18.9. The molecule has 3 aromatic heterocycles. The quantitative estimate of drug-likeness (QED) is 0.214. The van der Waals surface area contributed by atoms with Crippen LogP contribution in [0.1, 0.15) is 18.4 Å². The monoisotopic (exact) mass is 478 g/mol. The van der Waals surface area contributed by atoms with Crippen molar-refractivity contribution < 1.29 is 9.15 Å². The first-order valence-corrected chi connectivity index (χ1v) is 11.6. The van der Waals surface area contributed by atoms with Gasteiger partial charge in [-0.1, -0.05) is 54.0 Å². The highest BCUT2D eigenvalue weighted by Crippen LogP contribution is 2.33. The van der Waals surface area contributed by atoms with Crippen LogP contribution in [0.5, 0.6) is 5.75 Å². The van der Waals surface area contributed by atoms with E-state index in [9.17, 15) is 0 Å². The van der Waals surface area contributed by atoms with Crippen LogP contribution in [-0.4, -0.2) is 26.8 Å². The first-order chi connectivity index (χ1) is 14.7. The Labute approximate surface area is 191 Å². The third-order valence-corrected chi connectivity index (χ3v) is 6.15. The molecule has 0 amide bonds. The summed E-state index contributed by atoms with van der Waals surface area (Å²) in [4.78, 5) is 0.993. The first kappa shape index (κ1) is 21.0. The molecule has 0 fully saturated rings. The fourth-order valence-electron chi connectivity index (χ4n) is 2.57. The molecule has 0 aliphatic rings. The fourth-order valence-corrected chi connectivity index (χ4v) is 4.38. The Kier molecular flexibility index (Phi) is 6.79. The van der Waals surface area contributed by atoms with Gasteiger partial charge in [0.25, 0.3) is 0 Å². The molecule has 0 saturated heterocycles. The molecule has 0 N–H and O–H groups in total. The molecule has 0 saturated carbocycles. The Morgan fingerprint density at radius 3 is 2.73 bits per heavy atom. The van der Waals surface area contributed by atoms with Gasteiger partial charge in [0.1, 0.15) is 18.1 Å².